The molecular weight excluding hydrogens is 348 g/mol. The highest BCUT2D eigenvalue weighted by molar-refractivity contribution is 5.95. The first-order valence-electron chi connectivity index (χ1n) is 11.4. The molecule has 0 heterocycles. The fraction of sp³-hybridized carbons (Fsp3) is 0.708. The van der Waals surface area contributed by atoms with E-state index in [1.54, 1.807) is 6.07 Å². The molecule has 4 heteroatoms. The lowest BCUT2D eigenvalue weighted by Crippen LogP contribution is -2.25. The minimum Gasteiger partial charge on any atom is -0.478 e. The number of hydrogen-bond donors (Lipinski definition) is 3. The monoisotopic (exact) mass is 386 g/mol. The van der Waals surface area contributed by atoms with Crippen LogP contribution in [-0.2, 0) is 0 Å². The van der Waals surface area contributed by atoms with Gasteiger partial charge in [-0.25, -0.2) is 4.79 Å². The van der Waals surface area contributed by atoms with E-state index in [-0.39, 0.29) is 5.56 Å². The van der Waals surface area contributed by atoms with Gasteiger partial charge in [0.15, 0.2) is 0 Å². The van der Waals surface area contributed by atoms with E-state index in [1.807, 2.05) is 6.07 Å². The van der Waals surface area contributed by atoms with Crippen molar-refractivity contribution in [2.24, 2.45) is 17.8 Å². The van der Waals surface area contributed by atoms with Gasteiger partial charge < -0.3 is 16.6 Å². The highest BCUT2D eigenvalue weighted by Gasteiger charge is 2.32. The van der Waals surface area contributed by atoms with Crippen LogP contribution in [0.25, 0.3) is 0 Å². The van der Waals surface area contributed by atoms with Crippen molar-refractivity contribution >= 4 is 17.3 Å². The van der Waals surface area contributed by atoms with Crippen molar-refractivity contribution in [3.63, 3.8) is 0 Å². The van der Waals surface area contributed by atoms with Gasteiger partial charge in [0.1, 0.15) is 0 Å². The zero-order chi connectivity index (χ0) is 20.1. The summed E-state index contributed by atoms with van der Waals surface area (Å²) >= 11 is 0. The average molecular weight is 387 g/mol. The normalized spacial score (nSPS) is 28.2. The third kappa shape index (κ3) is 5.01. The Morgan fingerprint density at radius 1 is 0.929 bits per heavy atom. The number of hydrogen-bond acceptors (Lipinski definition) is 3. The molecule has 0 atom stereocenters. The highest BCUT2D eigenvalue weighted by Crippen LogP contribution is 2.45. The highest BCUT2D eigenvalue weighted by atomic mass is 16.4. The second-order valence-corrected chi connectivity index (χ2v) is 9.26. The van der Waals surface area contributed by atoms with Gasteiger partial charge in [0.05, 0.1) is 5.56 Å². The Bertz CT molecular complexity index is 657. The van der Waals surface area contributed by atoms with Crippen LogP contribution in [0, 0.1) is 17.8 Å². The number of aromatic carboxylic acids is 1. The lowest BCUT2D eigenvalue weighted by atomic mass is 9.67. The molecule has 1 aromatic rings. The Hall–Kier alpha value is -1.71. The maximum Gasteiger partial charge on any atom is 0.337 e. The lowest BCUT2D eigenvalue weighted by molar-refractivity contribution is 0.0698. The van der Waals surface area contributed by atoms with Crippen molar-refractivity contribution in [3.8, 4) is 0 Å². The van der Waals surface area contributed by atoms with Crippen LogP contribution in [0.4, 0.5) is 11.4 Å². The first-order chi connectivity index (χ1) is 13.5. The molecule has 0 aliphatic heterocycles. The SMILES string of the molecule is CCCCCC1CCC(C2CCC(c3cc(N)c(C(=O)O)cc3N)CC2)CC1. The molecule has 3 rings (SSSR count). The molecule has 0 saturated heterocycles. The minimum atomic E-state index is -1.01. The number of unbranched alkanes of at least 4 members (excludes halogenated alkanes) is 2. The summed E-state index contributed by atoms with van der Waals surface area (Å²) in [5.41, 5.74) is 14.2. The van der Waals surface area contributed by atoms with E-state index in [4.69, 9.17) is 11.5 Å². The summed E-state index contributed by atoms with van der Waals surface area (Å²) in [6.07, 6.45) is 16.2. The number of rotatable bonds is 7. The molecule has 0 spiro atoms. The number of carboxylic acids is 1. The molecule has 0 bridgehead atoms. The maximum absolute atomic E-state index is 11.2. The van der Waals surface area contributed by atoms with E-state index in [1.165, 1.54) is 64.2 Å². The first kappa shape index (κ1) is 21.0. The van der Waals surface area contributed by atoms with E-state index in [0.717, 1.165) is 36.2 Å². The van der Waals surface area contributed by atoms with Crippen LogP contribution in [0.1, 0.15) is 106 Å². The van der Waals surface area contributed by atoms with Crippen LogP contribution in [0.2, 0.25) is 0 Å². The maximum atomic E-state index is 11.2. The molecule has 2 aliphatic rings. The summed E-state index contributed by atoms with van der Waals surface area (Å²) in [5.74, 6) is 2.18. The summed E-state index contributed by atoms with van der Waals surface area (Å²) < 4.78 is 0. The van der Waals surface area contributed by atoms with Gasteiger partial charge in [-0.2, -0.15) is 0 Å². The molecule has 156 valence electrons. The number of anilines is 2. The Labute approximate surface area is 170 Å². The molecule has 28 heavy (non-hydrogen) atoms. The Morgan fingerprint density at radius 2 is 1.54 bits per heavy atom. The number of carboxylic acid groups (broad SMARTS) is 1. The molecule has 4 nitrogen and oxygen atoms in total. The van der Waals surface area contributed by atoms with Crippen molar-refractivity contribution < 1.29 is 9.90 Å². The zero-order valence-corrected chi connectivity index (χ0v) is 17.5. The molecule has 0 radical (unpaired) electrons. The van der Waals surface area contributed by atoms with Gasteiger partial charge in [-0.15, -0.1) is 0 Å². The summed E-state index contributed by atoms with van der Waals surface area (Å²) in [4.78, 5) is 11.2. The quantitative estimate of drug-likeness (QED) is 0.384. The van der Waals surface area contributed by atoms with Crippen LogP contribution < -0.4 is 11.5 Å². The van der Waals surface area contributed by atoms with Crippen LogP contribution in [0.15, 0.2) is 12.1 Å². The van der Waals surface area contributed by atoms with Crippen molar-refractivity contribution in [1.82, 2.24) is 0 Å². The fourth-order valence-corrected chi connectivity index (χ4v) is 5.72. The van der Waals surface area contributed by atoms with Crippen molar-refractivity contribution in [2.75, 3.05) is 11.5 Å². The van der Waals surface area contributed by atoms with E-state index in [2.05, 4.69) is 6.92 Å². The minimum absolute atomic E-state index is 0.116. The third-order valence-electron chi connectivity index (χ3n) is 7.47. The van der Waals surface area contributed by atoms with E-state index < -0.39 is 5.97 Å². The molecule has 0 amide bonds. The number of carbonyl (C=O) groups is 1. The smallest absolute Gasteiger partial charge is 0.337 e. The van der Waals surface area contributed by atoms with Crippen molar-refractivity contribution in [1.29, 1.82) is 0 Å². The summed E-state index contributed by atoms with van der Waals surface area (Å²) in [5, 5.41) is 9.21. The fourth-order valence-electron chi connectivity index (χ4n) is 5.72. The summed E-state index contributed by atoms with van der Waals surface area (Å²) in [6.45, 7) is 2.29. The molecule has 5 N–H and O–H groups in total. The lowest BCUT2D eigenvalue weighted by Gasteiger charge is -2.38. The van der Waals surface area contributed by atoms with E-state index >= 15 is 0 Å². The van der Waals surface area contributed by atoms with Crippen LogP contribution >= 0.6 is 0 Å². The molecule has 0 unspecified atom stereocenters. The molecule has 1 aromatic carbocycles. The van der Waals surface area contributed by atoms with Crippen LogP contribution in [-0.4, -0.2) is 11.1 Å². The third-order valence-corrected chi connectivity index (χ3v) is 7.47. The van der Waals surface area contributed by atoms with Crippen LogP contribution in [0.3, 0.4) is 0 Å². The van der Waals surface area contributed by atoms with Crippen LogP contribution in [0.5, 0.6) is 0 Å². The Kier molecular flexibility index (Phi) is 7.25. The summed E-state index contributed by atoms with van der Waals surface area (Å²) in [7, 11) is 0. The van der Waals surface area contributed by atoms with Gasteiger partial charge in [-0.05, 0) is 79.9 Å². The predicted molar refractivity (Wildman–Crippen MR) is 117 cm³/mol. The second-order valence-electron chi connectivity index (χ2n) is 9.26. The molecule has 0 aromatic heterocycles. The van der Waals surface area contributed by atoms with Gasteiger partial charge in [0.2, 0.25) is 0 Å². The predicted octanol–water partition coefficient (Wildman–Crippen LogP) is 6.21. The molecule has 2 aliphatic carbocycles. The number of nitrogens with two attached hydrogens (primary N) is 2. The Balaban J connectivity index is 1.50. The van der Waals surface area contributed by atoms with Gasteiger partial charge in [0, 0.05) is 11.4 Å². The second kappa shape index (κ2) is 9.67. The van der Waals surface area contributed by atoms with E-state index in [9.17, 15) is 9.90 Å². The number of nitrogen functional groups attached to an aromatic ring is 2. The topological polar surface area (TPSA) is 89.3 Å². The van der Waals surface area contributed by atoms with Crippen molar-refractivity contribution in [2.45, 2.75) is 89.9 Å². The first-order valence-corrected chi connectivity index (χ1v) is 11.4. The average Bonchev–Trinajstić information content (AvgIpc) is 2.70. The van der Waals surface area contributed by atoms with Gasteiger partial charge in [-0.3, -0.25) is 0 Å². The largest absolute Gasteiger partial charge is 0.478 e. The van der Waals surface area contributed by atoms with Gasteiger partial charge >= 0.3 is 5.97 Å². The van der Waals surface area contributed by atoms with Gasteiger partial charge in [-0.1, -0.05) is 45.4 Å². The molecule has 2 fully saturated rings. The molecule has 2 saturated carbocycles. The Morgan fingerprint density at radius 3 is 2.11 bits per heavy atom. The van der Waals surface area contributed by atoms with E-state index in [0.29, 0.717) is 17.3 Å². The molecular formula is C24H38N2O2. The van der Waals surface area contributed by atoms with Crippen molar-refractivity contribution in [3.05, 3.63) is 23.3 Å². The summed E-state index contributed by atoms with van der Waals surface area (Å²) in [6, 6.07) is 3.35. The number of benzene rings is 1. The van der Waals surface area contributed by atoms with Gasteiger partial charge in [0.25, 0.3) is 0 Å². The standard InChI is InChI=1S/C24H38N2O2/c1-2-3-4-5-16-6-8-17(9-7-16)18-10-12-19(13-11-18)20-14-23(26)21(24(27)28)15-22(20)25/h14-19H,2-13,25-26H2,1H3,(H,27,28). The zero-order valence-electron chi connectivity index (χ0n) is 17.5.